The first-order valence-corrected chi connectivity index (χ1v) is 15.3. The maximum atomic E-state index is 10.3. The van der Waals surface area contributed by atoms with E-state index in [-0.39, 0.29) is 17.1 Å². The molecule has 0 saturated carbocycles. The van der Waals surface area contributed by atoms with Gasteiger partial charge in [0.1, 0.15) is 0 Å². The van der Waals surface area contributed by atoms with Crippen LogP contribution in [-0.4, -0.2) is 22.2 Å². The number of aliphatic carboxylic acids is 2. The number of unbranched alkanes of at least 4 members (excludes halogenated alkanes) is 18. The molecule has 4 nitrogen and oxygen atoms in total. The molecule has 0 aromatic rings. The predicted octanol–water partition coefficient (Wildman–Crippen LogP) is 10.7. The van der Waals surface area contributed by atoms with E-state index in [2.05, 4.69) is 38.2 Å². The number of allylic oxidation sites excluding steroid dienone is 4. The molecule has 0 amide bonds. The fourth-order valence-electron chi connectivity index (χ4n) is 3.99. The Morgan fingerprint density at radius 2 is 0.676 bits per heavy atom. The van der Waals surface area contributed by atoms with Crippen molar-refractivity contribution in [3.8, 4) is 0 Å². The SMILES string of the molecule is CCCCCC/C=C\CCCCCCCC(=O)O.CCCCCC/C=C\CCCCCCCC(=O)O.[Mn]. The summed E-state index contributed by atoms with van der Waals surface area (Å²) in [7, 11) is 0. The van der Waals surface area contributed by atoms with Gasteiger partial charge in [0, 0.05) is 29.9 Å². The molecule has 0 aliphatic heterocycles. The second kappa shape index (κ2) is 37.1. The Morgan fingerprint density at radius 1 is 0.432 bits per heavy atom. The van der Waals surface area contributed by atoms with Crippen LogP contribution in [0.2, 0.25) is 0 Å². The fraction of sp³-hybridized carbons (Fsp3) is 0.812. The first-order valence-electron chi connectivity index (χ1n) is 15.3. The van der Waals surface area contributed by atoms with Crippen molar-refractivity contribution < 1.29 is 36.9 Å². The van der Waals surface area contributed by atoms with Gasteiger partial charge in [-0.3, -0.25) is 9.59 Å². The van der Waals surface area contributed by atoms with Crippen LogP contribution in [0.15, 0.2) is 24.3 Å². The van der Waals surface area contributed by atoms with Crippen molar-refractivity contribution in [2.24, 2.45) is 0 Å². The molecule has 0 saturated heterocycles. The van der Waals surface area contributed by atoms with Gasteiger partial charge in [0.05, 0.1) is 0 Å². The molecule has 0 unspecified atom stereocenters. The molecule has 1 radical (unpaired) electrons. The standard InChI is InChI=1S/2C16H30O2.Mn/c2*1-2-3-4-5-6-7-8-9-10-11-12-13-14-15-16(17)18;/h2*7-8H,2-6,9-15H2,1H3,(H,17,18);/b2*8-7-;. The number of hydrogen-bond acceptors (Lipinski definition) is 2. The van der Waals surface area contributed by atoms with Crippen LogP contribution in [0.1, 0.15) is 168 Å². The van der Waals surface area contributed by atoms with Crippen LogP contribution in [-0.2, 0) is 26.7 Å². The number of rotatable bonds is 26. The Morgan fingerprint density at radius 3 is 0.946 bits per heavy atom. The maximum absolute atomic E-state index is 10.3. The van der Waals surface area contributed by atoms with Crippen molar-refractivity contribution in [2.75, 3.05) is 0 Å². The van der Waals surface area contributed by atoms with Crippen LogP contribution in [0.5, 0.6) is 0 Å². The summed E-state index contributed by atoms with van der Waals surface area (Å²) in [5.41, 5.74) is 0. The van der Waals surface area contributed by atoms with Crippen LogP contribution >= 0.6 is 0 Å². The van der Waals surface area contributed by atoms with E-state index in [0.717, 1.165) is 25.7 Å². The summed E-state index contributed by atoms with van der Waals surface area (Å²) in [6.07, 6.45) is 36.6. The smallest absolute Gasteiger partial charge is 0.303 e. The second-order valence-electron chi connectivity index (χ2n) is 10.0. The van der Waals surface area contributed by atoms with Crippen molar-refractivity contribution >= 4 is 11.9 Å². The van der Waals surface area contributed by atoms with E-state index in [0.29, 0.717) is 12.8 Å². The summed E-state index contributed by atoms with van der Waals surface area (Å²) in [6.45, 7) is 4.48. The number of carbonyl (C=O) groups is 2. The van der Waals surface area contributed by atoms with Crippen molar-refractivity contribution in [2.45, 2.75) is 168 Å². The summed E-state index contributed by atoms with van der Waals surface area (Å²) in [5, 5.41) is 17.0. The third-order valence-corrected chi connectivity index (χ3v) is 6.30. The average molecular weight is 564 g/mol. The van der Waals surface area contributed by atoms with E-state index >= 15 is 0 Å². The number of hydrogen-bond donors (Lipinski definition) is 2. The van der Waals surface area contributed by atoms with Gasteiger partial charge in [0.2, 0.25) is 0 Å². The van der Waals surface area contributed by atoms with E-state index in [1.165, 1.54) is 116 Å². The third kappa shape index (κ3) is 45.3. The zero-order valence-corrected chi connectivity index (χ0v) is 25.5. The van der Waals surface area contributed by atoms with Crippen LogP contribution in [0.25, 0.3) is 0 Å². The Kier molecular flexibility index (Phi) is 40.5. The molecule has 219 valence electrons. The molecular weight excluding hydrogens is 503 g/mol. The average Bonchev–Trinajstić information content (AvgIpc) is 2.85. The maximum Gasteiger partial charge on any atom is 0.303 e. The molecule has 37 heavy (non-hydrogen) atoms. The van der Waals surface area contributed by atoms with Gasteiger partial charge in [-0.05, 0) is 64.2 Å². The molecule has 0 atom stereocenters. The first-order chi connectivity index (χ1) is 17.5. The third-order valence-electron chi connectivity index (χ3n) is 6.30. The zero-order valence-electron chi connectivity index (χ0n) is 24.4. The van der Waals surface area contributed by atoms with Crippen LogP contribution in [0.3, 0.4) is 0 Å². The van der Waals surface area contributed by atoms with Crippen LogP contribution in [0.4, 0.5) is 0 Å². The fourth-order valence-corrected chi connectivity index (χ4v) is 3.99. The second-order valence-corrected chi connectivity index (χ2v) is 10.0. The molecule has 5 heteroatoms. The molecule has 0 rings (SSSR count). The predicted molar refractivity (Wildman–Crippen MR) is 156 cm³/mol. The van der Waals surface area contributed by atoms with Crippen LogP contribution < -0.4 is 0 Å². The van der Waals surface area contributed by atoms with E-state index in [9.17, 15) is 9.59 Å². The molecule has 2 N–H and O–H groups in total. The minimum Gasteiger partial charge on any atom is -0.481 e. The van der Waals surface area contributed by atoms with Gasteiger partial charge in [-0.25, -0.2) is 0 Å². The number of carboxylic acids is 2. The minimum absolute atomic E-state index is 0. The Hall–Kier alpha value is -1.06. The molecule has 0 aliphatic rings. The molecule has 0 aliphatic carbocycles. The van der Waals surface area contributed by atoms with Crippen molar-refractivity contribution in [3.63, 3.8) is 0 Å². The Balaban J connectivity index is -0.000000608. The van der Waals surface area contributed by atoms with Crippen molar-refractivity contribution in [3.05, 3.63) is 24.3 Å². The van der Waals surface area contributed by atoms with Gasteiger partial charge in [-0.2, -0.15) is 0 Å². The summed E-state index contributed by atoms with van der Waals surface area (Å²) >= 11 is 0. The molecule has 0 aromatic heterocycles. The zero-order chi connectivity index (χ0) is 27.0. The normalized spacial score (nSPS) is 10.9. The molecular formula is C32H60MnO4. The largest absolute Gasteiger partial charge is 0.481 e. The monoisotopic (exact) mass is 563 g/mol. The molecule has 0 bridgehead atoms. The van der Waals surface area contributed by atoms with E-state index < -0.39 is 11.9 Å². The summed E-state index contributed by atoms with van der Waals surface area (Å²) in [5.74, 6) is -1.33. The van der Waals surface area contributed by atoms with E-state index in [1.54, 1.807) is 0 Å². The summed E-state index contributed by atoms with van der Waals surface area (Å²) in [4.78, 5) is 20.6. The van der Waals surface area contributed by atoms with Crippen LogP contribution in [0, 0.1) is 0 Å². The van der Waals surface area contributed by atoms with Crippen molar-refractivity contribution in [1.29, 1.82) is 0 Å². The molecule has 0 fully saturated rings. The van der Waals surface area contributed by atoms with E-state index in [1.807, 2.05) is 0 Å². The topological polar surface area (TPSA) is 74.6 Å². The van der Waals surface area contributed by atoms with Gasteiger partial charge in [0.15, 0.2) is 0 Å². The Bertz CT molecular complexity index is 471. The summed E-state index contributed by atoms with van der Waals surface area (Å²) < 4.78 is 0. The minimum atomic E-state index is -0.666. The van der Waals surface area contributed by atoms with Gasteiger partial charge >= 0.3 is 11.9 Å². The quantitative estimate of drug-likeness (QED) is 0.0623. The molecule has 0 spiro atoms. The van der Waals surface area contributed by atoms with Gasteiger partial charge in [0.25, 0.3) is 0 Å². The van der Waals surface area contributed by atoms with Crippen molar-refractivity contribution in [1.82, 2.24) is 0 Å². The number of carboxylic acid groups (broad SMARTS) is 2. The van der Waals surface area contributed by atoms with Gasteiger partial charge in [-0.1, -0.05) is 115 Å². The Labute approximate surface area is 240 Å². The van der Waals surface area contributed by atoms with Gasteiger partial charge in [-0.15, -0.1) is 0 Å². The van der Waals surface area contributed by atoms with Gasteiger partial charge < -0.3 is 10.2 Å². The summed E-state index contributed by atoms with van der Waals surface area (Å²) in [6, 6.07) is 0. The van der Waals surface area contributed by atoms with E-state index in [4.69, 9.17) is 10.2 Å². The molecule has 0 aromatic carbocycles. The molecule has 0 heterocycles. The first kappa shape index (κ1) is 40.4.